The molecule has 0 aliphatic carbocycles. The zero-order chi connectivity index (χ0) is 13.7. The molecule has 1 aromatic heterocycles. The molecule has 0 bridgehead atoms. The Kier molecular flexibility index (Phi) is 4.57. The van der Waals surface area contributed by atoms with E-state index in [4.69, 9.17) is 0 Å². The summed E-state index contributed by atoms with van der Waals surface area (Å²) in [6.45, 7) is 3.32. The molecule has 4 nitrogen and oxygen atoms in total. The lowest BCUT2D eigenvalue weighted by atomic mass is 10.2. The molecule has 1 heterocycles. The summed E-state index contributed by atoms with van der Waals surface area (Å²) in [5, 5.41) is 6.75. The van der Waals surface area contributed by atoms with E-state index in [1.54, 1.807) is 23.6 Å². The summed E-state index contributed by atoms with van der Waals surface area (Å²) in [6, 6.07) is 8.77. The monoisotopic (exact) mass is 296 g/mol. The van der Waals surface area contributed by atoms with Crippen LogP contribution in [0, 0.1) is 0 Å². The molecule has 0 spiro atoms. The molecule has 2 N–H and O–H groups in total. The van der Waals surface area contributed by atoms with Crippen LogP contribution in [0.1, 0.15) is 12.5 Å². The minimum Gasteiger partial charge on any atom is -0.313 e. The summed E-state index contributed by atoms with van der Waals surface area (Å²) in [7, 11) is -3.53. The molecule has 6 heteroatoms. The standard InChI is InChI=1S/C13H16N2O2S2/c1-2-14-9-11-5-3-4-6-13(11)19(16,17)15-12-7-8-18-10-12/h3-8,10,14-15H,2,9H2,1H3. The SMILES string of the molecule is CCNCc1ccccc1S(=O)(=O)Nc1ccsc1. The van der Waals surface area contributed by atoms with Gasteiger partial charge < -0.3 is 5.32 Å². The topological polar surface area (TPSA) is 58.2 Å². The Hall–Kier alpha value is -1.37. The molecular formula is C13H16N2O2S2. The predicted molar refractivity (Wildman–Crippen MR) is 79.0 cm³/mol. The second-order valence-corrected chi connectivity index (χ2v) is 6.44. The minimum absolute atomic E-state index is 0.321. The van der Waals surface area contributed by atoms with Gasteiger partial charge in [0.15, 0.2) is 0 Å². The van der Waals surface area contributed by atoms with Gasteiger partial charge in [-0.1, -0.05) is 25.1 Å². The van der Waals surface area contributed by atoms with Crippen LogP contribution in [-0.2, 0) is 16.6 Å². The molecule has 2 rings (SSSR count). The number of sulfonamides is 1. The van der Waals surface area contributed by atoms with Crippen molar-refractivity contribution >= 4 is 27.0 Å². The van der Waals surface area contributed by atoms with Crippen LogP contribution in [0.2, 0.25) is 0 Å². The van der Waals surface area contributed by atoms with Crippen molar-refractivity contribution in [1.29, 1.82) is 0 Å². The Morgan fingerprint density at radius 3 is 2.68 bits per heavy atom. The van der Waals surface area contributed by atoms with Crippen LogP contribution in [0.25, 0.3) is 0 Å². The molecule has 2 aromatic rings. The second kappa shape index (κ2) is 6.18. The largest absolute Gasteiger partial charge is 0.313 e. The van der Waals surface area contributed by atoms with Crippen molar-refractivity contribution in [2.24, 2.45) is 0 Å². The van der Waals surface area contributed by atoms with Gasteiger partial charge in [-0.25, -0.2) is 8.42 Å². The van der Waals surface area contributed by atoms with E-state index in [2.05, 4.69) is 10.0 Å². The maximum absolute atomic E-state index is 12.3. The van der Waals surface area contributed by atoms with Crippen LogP contribution in [0.4, 0.5) is 5.69 Å². The van der Waals surface area contributed by atoms with Crippen LogP contribution in [-0.4, -0.2) is 15.0 Å². The van der Waals surface area contributed by atoms with E-state index < -0.39 is 10.0 Å². The molecule has 0 amide bonds. The van der Waals surface area contributed by atoms with Crippen LogP contribution in [0.15, 0.2) is 46.0 Å². The molecule has 0 saturated heterocycles. The van der Waals surface area contributed by atoms with Crippen molar-refractivity contribution in [3.05, 3.63) is 46.7 Å². The third kappa shape index (κ3) is 3.56. The van der Waals surface area contributed by atoms with E-state index in [0.29, 0.717) is 17.1 Å². The Bertz CT molecular complexity index is 622. The fraction of sp³-hybridized carbons (Fsp3) is 0.231. The maximum Gasteiger partial charge on any atom is 0.262 e. The third-order valence-corrected chi connectivity index (χ3v) is 4.77. The van der Waals surface area contributed by atoms with Gasteiger partial charge in [0.25, 0.3) is 10.0 Å². The highest BCUT2D eigenvalue weighted by atomic mass is 32.2. The Morgan fingerprint density at radius 1 is 1.21 bits per heavy atom. The van der Waals surface area contributed by atoms with Crippen LogP contribution in [0.5, 0.6) is 0 Å². The van der Waals surface area contributed by atoms with Gasteiger partial charge in [-0.15, -0.1) is 0 Å². The smallest absolute Gasteiger partial charge is 0.262 e. The lowest BCUT2D eigenvalue weighted by Crippen LogP contribution is -2.18. The number of anilines is 1. The summed E-state index contributed by atoms with van der Waals surface area (Å²) in [6.07, 6.45) is 0. The zero-order valence-electron chi connectivity index (χ0n) is 10.6. The highest BCUT2D eigenvalue weighted by molar-refractivity contribution is 7.92. The van der Waals surface area contributed by atoms with E-state index in [-0.39, 0.29) is 0 Å². The number of nitrogens with one attached hydrogen (secondary N) is 2. The fourth-order valence-corrected chi connectivity index (χ4v) is 3.66. The predicted octanol–water partition coefficient (Wildman–Crippen LogP) is 2.66. The average Bonchev–Trinajstić information content (AvgIpc) is 2.88. The van der Waals surface area contributed by atoms with Crippen molar-refractivity contribution in [3.8, 4) is 0 Å². The van der Waals surface area contributed by atoms with E-state index in [9.17, 15) is 8.42 Å². The van der Waals surface area contributed by atoms with Gasteiger partial charge in [0.05, 0.1) is 10.6 Å². The highest BCUT2D eigenvalue weighted by Crippen LogP contribution is 2.21. The van der Waals surface area contributed by atoms with Crippen molar-refractivity contribution in [2.75, 3.05) is 11.3 Å². The van der Waals surface area contributed by atoms with Crippen molar-refractivity contribution < 1.29 is 8.42 Å². The molecule has 0 unspecified atom stereocenters. The second-order valence-electron chi connectivity index (χ2n) is 4.01. The summed E-state index contributed by atoms with van der Waals surface area (Å²) in [5.41, 5.74) is 1.37. The van der Waals surface area contributed by atoms with Crippen molar-refractivity contribution in [1.82, 2.24) is 5.32 Å². The maximum atomic E-state index is 12.3. The Morgan fingerprint density at radius 2 is 2.00 bits per heavy atom. The Labute approximate surface area is 117 Å². The van der Waals surface area contributed by atoms with E-state index in [1.807, 2.05) is 24.4 Å². The lowest BCUT2D eigenvalue weighted by molar-refractivity contribution is 0.598. The molecule has 0 radical (unpaired) electrons. The molecule has 0 atom stereocenters. The average molecular weight is 296 g/mol. The van der Waals surface area contributed by atoms with Gasteiger partial charge in [0.2, 0.25) is 0 Å². The number of hydrogen-bond acceptors (Lipinski definition) is 4. The number of thiophene rings is 1. The molecule has 0 aliphatic rings. The quantitative estimate of drug-likeness (QED) is 0.861. The molecule has 0 saturated carbocycles. The summed E-state index contributed by atoms with van der Waals surface area (Å²) >= 11 is 1.45. The fourth-order valence-electron chi connectivity index (χ4n) is 1.70. The van der Waals surface area contributed by atoms with Gasteiger partial charge in [0, 0.05) is 11.9 Å². The molecule has 0 aliphatic heterocycles. The lowest BCUT2D eigenvalue weighted by Gasteiger charge is -2.11. The highest BCUT2D eigenvalue weighted by Gasteiger charge is 2.17. The van der Waals surface area contributed by atoms with Gasteiger partial charge in [0.1, 0.15) is 0 Å². The van der Waals surface area contributed by atoms with Crippen molar-refractivity contribution in [2.45, 2.75) is 18.4 Å². The first-order valence-corrected chi connectivity index (χ1v) is 8.39. The summed E-state index contributed by atoms with van der Waals surface area (Å²) in [5.74, 6) is 0. The third-order valence-electron chi connectivity index (χ3n) is 2.60. The van der Waals surface area contributed by atoms with Crippen molar-refractivity contribution in [3.63, 3.8) is 0 Å². The van der Waals surface area contributed by atoms with E-state index >= 15 is 0 Å². The number of rotatable bonds is 6. The van der Waals surface area contributed by atoms with E-state index in [0.717, 1.165) is 12.1 Å². The first-order valence-electron chi connectivity index (χ1n) is 5.97. The van der Waals surface area contributed by atoms with Gasteiger partial charge in [-0.2, -0.15) is 11.3 Å². The molecular weight excluding hydrogens is 280 g/mol. The first-order chi connectivity index (χ1) is 9.13. The van der Waals surface area contributed by atoms with Gasteiger partial charge in [-0.05, 0) is 29.6 Å². The Balaban J connectivity index is 2.29. The first kappa shape index (κ1) is 14.0. The van der Waals surface area contributed by atoms with Crippen LogP contribution < -0.4 is 10.0 Å². The summed E-state index contributed by atoms with van der Waals surface area (Å²) in [4.78, 5) is 0.321. The van der Waals surface area contributed by atoms with Gasteiger partial charge in [-0.3, -0.25) is 4.72 Å². The minimum atomic E-state index is -3.53. The molecule has 0 fully saturated rings. The number of benzene rings is 1. The normalized spacial score (nSPS) is 11.4. The van der Waals surface area contributed by atoms with Crippen LogP contribution in [0.3, 0.4) is 0 Å². The summed E-state index contributed by atoms with van der Waals surface area (Å²) < 4.78 is 27.3. The molecule has 19 heavy (non-hydrogen) atoms. The molecule has 102 valence electrons. The van der Waals surface area contributed by atoms with E-state index in [1.165, 1.54) is 11.3 Å². The van der Waals surface area contributed by atoms with Gasteiger partial charge >= 0.3 is 0 Å². The zero-order valence-corrected chi connectivity index (χ0v) is 12.2. The van der Waals surface area contributed by atoms with Crippen LogP contribution >= 0.6 is 11.3 Å². The number of hydrogen-bond donors (Lipinski definition) is 2. The molecule has 1 aromatic carbocycles.